The molecule has 0 aliphatic rings. The van der Waals surface area contributed by atoms with E-state index in [4.69, 9.17) is 9.15 Å². The molecule has 3 rings (SSSR count). The molecule has 5 heteroatoms. The third-order valence-corrected chi connectivity index (χ3v) is 3.14. The zero-order chi connectivity index (χ0) is 15.0. The summed E-state index contributed by atoms with van der Waals surface area (Å²) in [5.74, 6) is -1.19. The van der Waals surface area contributed by atoms with E-state index in [0.717, 1.165) is 12.1 Å². The largest absolute Gasteiger partial charge is 0.497 e. The third kappa shape index (κ3) is 2.38. The average Bonchev–Trinajstić information content (AvgIpc) is 2.49. The number of benzene rings is 2. The number of rotatable bonds is 2. The van der Waals surface area contributed by atoms with Gasteiger partial charge in [-0.3, -0.25) is 4.79 Å². The van der Waals surface area contributed by atoms with Gasteiger partial charge in [-0.25, -0.2) is 8.78 Å². The molecule has 0 bridgehead atoms. The van der Waals surface area contributed by atoms with Crippen molar-refractivity contribution in [1.29, 1.82) is 0 Å². The van der Waals surface area contributed by atoms with Crippen molar-refractivity contribution >= 4 is 11.0 Å². The summed E-state index contributed by atoms with van der Waals surface area (Å²) in [7, 11) is 1.54. The molecule has 0 unspecified atom stereocenters. The van der Waals surface area contributed by atoms with Crippen molar-refractivity contribution < 1.29 is 17.9 Å². The van der Waals surface area contributed by atoms with Crippen molar-refractivity contribution in [2.24, 2.45) is 0 Å². The topological polar surface area (TPSA) is 39.4 Å². The van der Waals surface area contributed by atoms with Crippen LogP contribution in [-0.4, -0.2) is 7.11 Å². The lowest BCUT2D eigenvalue weighted by Gasteiger charge is -2.05. The van der Waals surface area contributed by atoms with Crippen LogP contribution in [-0.2, 0) is 0 Å². The Hall–Kier alpha value is -2.69. The molecule has 106 valence electrons. The summed E-state index contributed by atoms with van der Waals surface area (Å²) in [5, 5.41) is 0.00571. The van der Waals surface area contributed by atoms with Gasteiger partial charge in [0.05, 0.1) is 12.5 Å². The predicted molar refractivity (Wildman–Crippen MR) is 74.4 cm³/mol. The summed E-state index contributed by atoms with van der Waals surface area (Å²) < 4.78 is 37.0. The van der Waals surface area contributed by atoms with Gasteiger partial charge in [-0.1, -0.05) is 0 Å². The van der Waals surface area contributed by atoms with Crippen LogP contribution < -0.4 is 10.2 Å². The highest BCUT2D eigenvalue weighted by Crippen LogP contribution is 2.25. The van der Waals surface area contributed by atoms with Crippen LogP contribution in [0.1, 0.15) is 0 Å². The minimum atomic E-state index is -1.08. The zero-order valence-corrected chi connectivity index (χ0v) is 11.0. The van der Waals surface area contributed by atoms with Gasteiger partial charge in [0.25, 0.3) is 0 Å². The Morgan fingerprint density at radius 3 is 2.33 bits per heavy atom. The molecule has 2 aromatic carbocycles. The van der Waals surface area contributed by atoms with Crippen LogP contribution in [0.4, 0.5) is 8.78 Å². The Balaban J connectivity index is 2.19. The third-order valence-electron chi connectivity index (χ3n) is 3.14. The Kier molecular flexibility index (Phi) is 3.17. The summed E-state index contributed by atoms with van der Waals surface area (Å²) in [6, 6.07) is 9.82. The summed E-state index contributed by atoms with van der Waals surface area (Å²) in [6.45, 7) is 0. The van der Waals surface area contributed by atoms with E-state index in [1.807, 2.05) is 0 Å². The number of ether oxygens (including phenoxy) is 1. The summed E-state index contributed by atoms with van der Waals surface area (Å²) >= 11 is 0. The van der Waals surface area contributed by atoms with E-state index in [2.05, 4.69) is 0 Å². The molecule has 0 atom stereocenters. The van der Waals surface area contributed by atoms with Gasteiger partial charge in [0.1, 0.15) is 17.1 Å². The standard InChI is InChI=1S/C16H10F2O3/c1-20-10-4-2-9(3-5-10)15-8-14(19)11-6-12(17)13(18)7-16(11)21-15/h2-8H,1H3. The van der Waals surface area contributed by atoms with Crippen molar-refractivity contribution in [3.05, 3.63) is 64.3 Å². The van der Waals surface area contributed by atoms with Gasteiger partial charge >= 0.3 is 0 Å². The highest BCUT2D eigenvalue weighted by atomic mass is 19.2. The summed E-state index contributed by atoms with van der Waals surface area (Å²) in [5.41, 5.74) is 0.215. The molecule has 0 aliphatic carbocycles. The van der Waals surface area contributed by atoms with E-state index in [1.54, 1.807) is 31.4 Å². The molecule has 0 spiro atoms. The number of hydrogen-bond donors (Lipinski definition) is 0. The van der Waals surface area contributed by atoms with Crippen molar-refractivity contribution in [1.82, 2.24) is 0 Å². The fourth-order valence-electron chi connectivity index (χ4n) is 2.05. The fraction of sp³-hybridized carbons (Fsp3) is 0.0625. The molecule has 0 amide bonds. The molecule has 0 N–H and O–H groups in total. The summed E-state index contributed by atoms with van der Waals surface area (Å²) in [4.78, 5) is 12.0. The second kappa shape index (κ2) is 5.01. The average molecular weight is 288 g/mol. The Labute approximate surface area is 118 Å². The van der Waals surface area contributed by atoms with Crippen molar-refractivity contribution in [2.45, 2.75) is 0 Å². The molecular formula is C16H10F2O3. The molecule has 0 radical (unpaired) electrons. The van der Waals surface area contributed by atoms with Gasteiger partial charge in [0, 0.05) is 17.7 Å². The number of methoxy groups -OCH3 is 1. The Morgan fingerprint density at radius 2 is 1.67 bits per heavy atom. The first-order valence-electron chi connectivity index (χ1n) is 6.16. The SMILES string of the molecule is COc1ccc(-c2cc(=O)c3cc(F)c(F)cc3o2)cc1. The van der Waals surface area contributed by atoms with Gasteiger partial charge < -0.3 is 9.15 Å². The lowest BCUT2D eigenvalue weighted by molar-refractivity contribution is 0.415. The number of halogens is 2. The molecule has 0 saturated heterocycles. The minimum absolute atomic E-state index is 0.00571. The quantitative estimate of drug-likeness (QED) is 0.721. The monoisotopic (exact) mass is 288 g/mol. The maximum Gasteiger partial charge on any atom is 0.193 e. The highest BCUT2D eigenvalue weighted by Gasteiger charge is 2.11. The van der Waals surface area contributed by atoms with Gasteiger partial charge in [-0.15, -0.1) is 0 Å². The first-order valence-corrected chi connectivity index (χ1v) is 6.16. The maximum absolute atomic E-state index is 13.3. The van der Waals surface area contributed by atoms with Gasteiger partial charge in [0.15, 0.2) is 17.1 Å². The van der Waals surface area contributed by atoms with E-state index in [-0.39, 0.29) is 16.7 Å². The zero-order valence-electron chi connectivity index (χ0n) is 11.0. The first kappa shape index (κ1) is 13.3. The van der Waals surface area contributed by atoms with E-state index in [1.165, 1.54) is 6.07 Å². The molecular weight excluding hydrogens is 278 g/mol. The lowest BCUT2D eigenvalue weighted by atomic mass is 10.1. The fourth-order valence-corrected chi connectivity index (χ4v) is 2.05. The molecule has 1 aromatic heterocycles. The lowest BCUT2D eigenvalue weighted by Crippen LogP contribution is -2.02. The normalized spacial score (nSPS) is 10.8. The Bertz CT molecular complexity index is 867. The smallest absolute Gasteiger partial charge is 0.193 e. The molecule has 3 nitrogen and oxygen atoms in total. The molecule has 0 aliphatic heterocycles. The molecule has 0 saturated carbocycles. The van der Waals surface area contributed by atoms with E-state index >= 15 is 0 Å². The molecule has 1 heterocycles. The van der Waals surface area contributed by atoms with E-state index in [0.29, 0.717) is 11.3 Å². The maximum atomic E-state index is 13.3. The van der Waals surface area contributed by atoms with Gasteiger partial charge in [-0.05, 0) is 30.3 Å². The number of hydrogen-bond acceptors (Lipinski definition) is 3. The molecule has 21 heavy (non-hydrogen) atoms. The van der Waals surface area contributed by atoms with Gasteiger partial charge in [-0.2, -0.15) is 0 Å². The second-order valence-corrected chi connectivity index (χ2v) is 4.47. The number of fused-ring (bicyclic) bond motifs is 1. The Morgan fingerprint density at radius 1 is 1.00 bits per heavy atom. The van der Waals surface area contributed by atoms with Crippen LogP contribution in [0.5, 0.6) is 5.75 Å². The molecule has 3 aromatic rings. The second-order valence-electron chi connectivity index (χ2n) is 4.47. The first-order chi connectivity index (χ1) is 10.1. The van der Waals surface area contributed by atoms with Crippen LogP contribution in [0.15, 0.2) is 51.7 Å². The van der Waals surface area contributed by atoms with Crippen LogP contribution >= 0.6 is 0 Å². The highest BCUT2D eigenvalue weighted by molar-refractivity contribution is 5.78. The van der Waals surface area contributed by atoms with Crippen molar-refractivity contribution in [2.75, 3.05) is 7.11 Å². The molecule has 0 fully saturated rings. The van der Waals surface area contributed by atoms with Gasteiger partial charge in [0.2, 0.25) is 0 Å². The van der Waals surface area contributed by atoms with E-state index in [9.17, 15) is 13.6 Å². The summed E-state index contributed by atoms with van der Waals surface area (Å²) in [6.07, 6.45) is 0. The predicted octanol–water partition coefficient (Wildman–Crippen LogP) is 3.75. The van der Waals surface area contributed by atoms with Crippen LogP contribution in [0.3, 0.4) is 0 Å². The van der Waals surface area contributed by atoms with Crippen LogP contribution in [0.2, 0.25) is 0 Å². The van der Waals surface area contributed by atoms with Crippen molar-refractivity contribution in [3.63, 3.8) is 0 Å². The van der Waals surface area contributed by atoms with Crippen LogP contribution in [0.25, 0.3) is 22.3 Å². The minimum Gasteiger partial charge on any atom is -0.497 e. The van der Waals surface area contributed by atoms with Crippen molar-refractivity contribution in [3.8, 4) is 17.1 Å². The van der Waals surface area contributed by atoms with E-state index < -0.39 is 17.1 Å². The van der Waals surface area contributed by atoms with Crippen LogP contribution in [0, 0.1) is 11.6 Å².